The summed E-state index contributed by atoms with van der Waals surface area (Å²) in [5, 5.41) is 10.5. The second kappa shape index (κ2) is 4.44. The van der Waals surface area contributed by atoms with Gasteiger partial charge in [0.15, 0.2) is 5.13 Å². The van der Waals surface area contributed by atoms with E-state index >= 15 is 0 Å². The van der Waals surface area contributed by atoms with Crippen LogP contribution in [0.1, 0.15) is 18.3 Å². The van der Waals surface area contributed by atoms with Crippen LogP contribution in [0.3, 0.4) is 0 Å². The monoisotopic (exact) mass is 222 g/mol. The molecule has 2 aromatic heterocycles. The highest BCUT2D eigenvalue weighted by Crippen LogP contribution is 2.16. The summed E-state index contributed by atoms with van der Waals surface area (Å²) in [5.74, 6) is 0. The molecule has 0 amide bonds. The molecule has 0 aliphatic rings. The summed E-state index contributed by atoms with van der Waals surface area (Å²) >= 11 is 1.65. The molecule has 4 nitrogen and oxygen atoms in total. The fourth-order valence-electron chi connectivity index (χ4n) is 1.29. The number of aryl methyl sites for hydroxylation is 2. The van der Waals surface area contributed by atoms with E-state index in [1.54, 1.807) is 17.5 Å². The summed E-state index contributed by atoms with van der Waals surface area (Å²) < 4.78 is 1.86. The highest BCUT2D eigenvalue weighted by atomic mass is 32.1. The van der Waals surface area contributed by atoms with Crippen LogP contribution in [0.25, 0.3) is 0 Å². The van der Waals surface area contributed by atoms with Crippen LogP contribution in [0.4, 0.5) is 5.13 Å². The lowest BCUT2D eigenvalue weighted by Crippen LogP contribution is -2.05. The zero-order valence-electron chi connectivity index (χ0n) is 8.90. The third-order valence-corrected chi connectivity index (χ3v) is 3.11. The first kappa shape index (κ1) is 10.2. The van der Waals surface area contributed by atoms with Crippen molar-refractivity contribution in [2.75, 3.05) is 5.32 Å². The van der Waals surface area contributed by atoms with Crippen LogP contribution >= 0.6 is 11.3 Å². The van der Waals surface area contributed by atoms with Crippen molar-refractivity contribution >= 4 is 16.5 Å². The maximum atomic E-state index is 4.44. The molecule has 0 bridgehead atoms. The highest BCUT2D eigenvalue weighted by Gasteiger charge is 2.01. The third-order valence-electron chi connectivity index (χ3n) is 2.26. The Morgan fingerprint density at radius 1 is 1.53 bits per heavy atom. The molecule has 0 aliphatic heterocycles. The SMILES string of the molecule is CCc1csc(NCc2ccnn2C)n1. The molecule has 0 unspecified atom stereocenters. The lowest BCUT2D eigenvalue weighted by Gasteiger charge is -2.02. The molecule has 0 saturated carbocycles. The fourth-order valence-corrected chi connectivity index (χ4v) is 2.08. The van der Waals surface area contributed by atoms with Crippen molar-refractivity contribution in [1.29, 1.82) is 0 Å². The Kier molecular flexibility index (Phi) is 3.01. The fraction of sp³-hybridized carbons (Fsp3) is 0.400. The maximum absolute atomic E-state index is 4.44. The Morgan fingerprint density at radius 3 is 3.00 bits per heavy atom. The van der Waals surface area contributed by atoms with Crippen LogP contribution < -0.4 is 5.32 Å². The molecule has 2 aromatic rings. The maximum Gasteiger partial charge on any atom is 0.183 e. The van der Waals surface area contributed by atoms with Gasteiger partial charge in [0.05, 0.1) is 17.9 Å². The number of thiazole rings is 1. The molecule has 0 saturated heterocycles. The van der Waals surface area contributed by atoms with Crippen molar-refractivity contribution in [2.24, 2.45) is 7.05 Å². The van der Waals surface area contributed by atoms with Gasteiger partial charge in [0.1, 0.15) is 0 Å². The number of hydrogen-bond acceptors (Lipinski definition) is 4. The average molecular weight is 222 g/mol. The molecule has 0 aromatic carbocycles. The van der Waals surface area contributed by atoms with Crippen LogP contribution in [-0.2, 0) is 20.0 Å². The lowest BCUT2D eigenvalue weighted by molar-refractivity contribution is 0.720. The molecule has 1 N–H and O–H groups in total. The van der Waals surface area contributed by atoms with Crippen LogP contribution in [0.15, 0.2) is 17.6 Å². The summed E-state index contributed by atoms with van der Waals surface area (Å²) in [7, 11) is 1.94. The van der Waals surface area contributed by atoms with E-state index in [2.05, 4.69) is 27.7 Å². The number of rotatable bonds is 4. The first-order chi connectivity index (χ1) is 7.29. The van der Waals surface area contributed by atoms with E-state index in [0.29, 0.717) is 0 Å². The second-order valence-electron chi connectivity index (χ2n) is 3.30. The molecular weight excluding hydrogens is 208 g/mol. The van der Waals surface area contributed by atoms with E-state index in [9.17, 15) is 0 Å². The van der Waals surface area contributed by atoms with Gasteiger partial charge in [-0.3, -0.25) is 4.68 Å². The first-order valence-electron chi connectivity index (χ1n) is 4.94. The van der Waals surface area contributed by atoms with Crippen molar-refractivity contribution in [3.05, 3.63) is 29.0 Å². The van der Waals surface area contributed by atoms with Gasteiger partial charge in [0.25, 0.3) is 0 Å². The Morgan fingerprint density at radius 2 is 2.40 bits per heavy atom. The average Bonchev–Trinajstić information content (AvgIpc) is 2.84. The topological polar surface area (TPSA) is 42.7 Å². The van der Waals surface area contributed by atoms with Crippen molar-refractivity contribution in [2.45, 2.75) is 19.9 Å². The highest BCUT2D eigenvalue weighted by molar-refractivity contribution is 7.13. The largest absolute Gasteiger partial charge is 0.356 e. The van der Waals surface area contributed by atoms with Crippen LogP contribution in [0.5, 0.6) is 0 Å². The zero-order chi connectivity index (χ0) is 10.7. The van der Waals surface area contributed by atoms with Crippen molar-refractivity contribution in [3.63, 3.8) is 0 Å². The lowest BCUT2D eigenvalue weighted by atomic mass is 10.4. The predicted octanol–water partition coefficient (Wildman–Crippen LogP) is 2.05. The van der Waals surface area contributed by atoms with Gasteiger partial charge in [-0.1, -0.05) is 6.92 Å². The molecule has 0 radical (unpaired) electrons. The van der Waals surface area contributed by atoms with E-state index in [1.165, 1.54) is 0 Å². The molecule has 0 atom stereocenters. The minimum atomic E-state index is 0.771. The normalized spacial score (nSPS) is 10.5. The van der Waals surface area contributed by atoms with Crippen LogP contribution in [-0.4, -0.2) is 14.8 Å². The van der Waals surface area contributed by atoms with Gasteiger partial charge in [0.2, 0.25) is 0 Å². The molecular formula is C10H14N4S. The van der Waals surface area contributed by atoms with E-state index in [0.717, 1.165) is 29.5 Å². The molecule has 2 heterocycles. The summed E-state index contributed by atoms with van der Waals surface area (Å²) in [6, 6.07) is 2.00. The van der Waals surface area contributed by atoms with Gasteiger partial charge >= 0.3 is 0 Å². The number of nitrogens with one attached hydrogen (secondary N) is 1. The molecule has 0 spiro atoms. The van der Waals surface area contributed by atoms with E-state index in [-0.39, 0.29) is 0 Å². The van der Waals surface area contributed by atoms with Crippen molar-refractivity contribution in [3.8, 4) is 0 Å². The van der Waals surface area contributed by atoms with Crippen molar-refractivity contribution < 1.29 is 0 Å². The number of nitrogens with zero attached hydrogens (tertiary/aromatic N) is 3. The Bertz CT molecular complexity index is 432. The Labute approximate surface area is 93.0 Å². The Balaban J connectivity index is 1.96. The minimum absolute atomic E-state index is 0.771. The molecule has 0 fully saturated rings. The molecule has 0 aliphatic carbocycles. The van der Waals surface area contributed by atoms with Gasteiger partial charge in [0, 0.05) is 18.6 Å². The molecule has 15 heavy (non-hydrogen) atoms. The quantitative estimate of drug-likeness (QED) is 0.861. The van der Waals surface area contributed by atoms with Gasteiger partial charge in [-0.05, 0) is 12.5 Å². The number of hydrogen-bond donors (Lipinski definition) is 1. The third kappa shape index (κ3) is 2.36. The first-order valence-corrected chi connectivity index (χ1v) is 5.82. The smallest absolute Gasteiger partial charge is 0.183 e. The van der Waals surface area contributed by atoms with E-state index < -0.39 is 0 Å². The minimum Gasteiger partial charge on any atom is -0.356 e. The number of anilines is 1. The second-order valence-corrected chi connectivity index (χ2v) is 4.16. The van der Waals surface area contributed by atoms with Gasteiger partial charge in [-0.25, -0.2) is 4.98 Å². The van der Waals surface area contributed by atoms with Gasteiger partial charge in [-0.2, -0.15) is 5.10 Å². The van der Waals surface area contributed by atoms with Crippen molar-refractivity contribution in [1.82, 2.24) is 14.8 Å². The number of aromatic nitrogens is 3. The van der Waals surface area contributed by atoms with Gasteiger partial charge < -0.3 is 5.32 Å². The molecule has 2 rings (SSSR count). The van der Waals surface area contributed by atoms with Crippen LogP contribution in [0.2, 0.25) is 0 Å². The summed E-state index contributed by atoms with van der Waals surface area (Å²) in [6.07, 6.45) is 2.79. The van der Waals surface area contributed by atoms with Gasteiger partial charge in [-0.15, -0.1) is 11.3 Å². The standard InChI is InChI=1S/C10H14N4S/c1-3-8-7-15-10(13-8)11-6-9-4-5-12-14(9)2/h4-5,7H,3,6H2,1-2H3,(H,11,13). The molecule has 80 valence electrons. The molecule has 5 heteroatoms. The summed E-state index contributed by atoms with van der Waals surface area (Å²) in [4.78, 5) is 4.44. The zero-order valence-corrected chi connectivity index (χ0v) is 9.71. The Hall–Kier alpha value is -1.36. The van der Waals surface area contributed by atoms with E-state index in [1.807, 2.05) is 17.8 Å². The summed E-state index contributed by atoms with van der Waals surface area (Å²) in [6.45, 7) is 2.88. The van der Waals surface area contributed by atoms with E-state index in [4.69, 9.17) is 0 Å². The summed E-state index contributed by atoms with van der Waals surface area (Å²) in [5.41, 5.74) is 2.30. The van der Waals surface area contributed by atoms with Crippen LogP contribution in [0, 0.1) is 0 Å². The predicted molar refractivity (Wildman–Crippen MR) is 62.0 cm³/mol.